The van der Waals surface area contributed by atoms with Gasteiger partial charge in [-0.15, -0.1) is 0 Å². The highest BCUT2D eigenvalue weighted by molar-refractivity contribution is 6.00. The van der Waals surface area contributed by atoms with Crippen molar-refractivity contribution in [1.29, 1.82) is 0 Å². The first kappa shape index (κ1) is 51.6. The molecule has 0 saturated carbocycles. The summed E-state index contributed by atoms with van der Waals surface area (Å²) in [4.78, 5) is 56.2. The van der Waals surface area contributed by atoms with Crippen LogP contribution in [0.25, 0.3) is 32.7 Å². The Morgan fingerprint density at radius 2 is 0.907 bits per heavy atom. The zero-order valence-corrected chi connectivity index (χ0v) is 42.1. The number of hydrogen-bond donors (Lipinski definition) is 5. The van der Waals surface area contributed by atoms with Crippen molar-refractivity contribution < 1.29 is 42.9 Å². The van der Waals surface area contributed by atoms with Crippen LogP contribution in [0.5, 0.6) is 28.7 Å². The minimum atomic E-state index is -0.646. The van der Waals surface area contributed by atoms with Crippen LogP contribution >= 0.6 is 0 Å². The van der Waals surface area contributed by atoms with Gasteiger partial charge in [0.05, 0.1) is 34.0 Å². The molecule has 0 spiro atoms. The second kappa shape index (κ2) is 24.6. The number of rotatable bonds is 15. The Bertz CT molecular complexity index is 3490. The number of hydrogen-bond acceptors (Lipinski definition) is 9. The summed E-state index contributed by atoms with van der Waals surface area (Å²) in [5.74, 6) is 0.544. The molecule has 0 aliphatic rings. The van der Waals surface area contributed by atoms with Gasteiger partial charge in [0.1, 0.15) is 17.1 Å². The van der Waals surface area contributed by atoms with E-state index in [2.05, 4.69) is 25.9 Å². The summed E-state index contributed by atoms with van der Waals surface area (Å²) >= 11 is 0. The fraction of sp³-hybridized carbons (Fsp3) is 0.133. The molecule has 0 aliphatic heterocycles. The van der Waals surface area contributed by atoms with Crippen molar-refractivity contribution in [2.45, 2.75) is 19.6 Å². The lowest BCUT2D eigenvalue weighted by atomic mass is 10.1. The van der Waals surface area contributed by atoms with Crippen LogP contribution in [0.1, 0.15) is 58.5 Å². The molecule has 3 aromatic heterocycles. The molecule has 0 radical (unpaired) electrons. The van der Waals surface area contributed by atoms with Gasteiger partial charge in [-0.3, -0.25) is 14.4 Å². The van der Waals surface area contributed by atoms with Gasteiger partial charge in [0.25, 0.3) is 17.7 Å². The number of fused-ring (bicyclic) bond motifs is 3. The highest BCUT2D eigenvalue weighted by Crippen LogP contribution is 2.39. The van der Waals surface area contributed by atoms with E-state index in [4.69, 9.17) is 23.7 Å². The number of ether oxygens (including phenoxy) is 5. The third-order valence-electron chi connectivity index (χ3n) is 12.1. The van der Waals surface area contributed by atoms with Gasteiger partial charge in [-0.25, -0.2) is 4.79 Å². The summed E-state index contributed by atoms with van der Waals surface area (Å²) in [6.45, 7) is 1.29. The van der Waals surface area contributed by atoms with Crippen molar-refractivity contribution in [3.63, 3.8) is 0 Å². The molecule has 0 bridgehead atoms. The second-order valence-corrected chi connectivity index (χ2v) is 17.0. The molecule has 7 aromatic carbocycles. The molecule has 0 atom stereocenters. The first-order valence-electron chi connectivity index (χ1n) is 23.9. The summed E-state index contributed by atoms with van der Waals surface area (Å²) < 4.78 is 28.8. The molecule has 3 amide bonds. The normalized spacial score (nSPS) is 10.6. The third kappa shape index (κ3) is 12.8. The Morgan fingerprint density at radius 1 is 0.440 bits per heavy atom. The van der Waals surface area contributed by atoms with E-state index in [1.807, 2.05) is 157 Å². The molecule has 10 aromatic rings. The molecule has 15 heteroatoms. The van der Waals surface area contributed by atoms with Crippen LogP contribution in [0.2, 0.25) is 0 Å². The van der Waals surface area contributed by atoms with Crippen LogP contribution in [0, 0.1) is 0 Å². The van der Waals surface area contributed by atoms with Crippen LogP contribution in [-0.4, -0.2) is 66.7 Å². The lowest BCUT2D eigenvalue weighted by Gasteiger charge is -2.15. The quantitative estimate of drug-likeness (QED) is 0.0492. The van der Waals surface area contributed by atoms with E-state index in [1.165, 1.54) is 40.6 Å². The number of H-pyrrole nitrogens is 2. The molecule has 5 N–H and O–H groups in total. The second-order valence-electron chi connectivity index (χ2n) is 17.0. The van der Waals surface area contributed by atoms with Gasteiger partial charge in [-0.1, -0.05) is 121 Å². The monoisotopic (exact) mass is 1000 g/mol. The summed E-state index contributed by atoms with van der Waals surface area (Å²) in [5.41, 5.74) is 7.76. The summed E-state index contributed by atoms with van der Waals surface area (Å²) in [5, 5.41) is 11.8. The van der Waals surface area contributed by atoms with Gasteiger partial charge < -0.3 is 54.2 Å². The van der Waals surface area contributed by atoms with Gasteiger partial charge in [0.2, 0.25) is 5.75 Å². The van der Waals surface area contributed by atoms with E-state index in [0.29, 0.717) is 58.7 Å². The molecule has 0 saturated heterocycles. The van der Waals surface area contributed by atoms with Gasteiger partial charge in [0.15, 0.2) is 23.0 Å². The number of benzene rings is 7. The van der Waals surface area contributed by atoms with Crippen molar-refractivity contribution in [2.24, 2.45) is 7.05 Å². The highest BCUT2D eigenvalue weighted by atomic mass is 16.6. The fourth-order valence-electron chi connectivity index (χ4n) is 8.19. The molecular formula is C60H56N6O9. The summed E-state index contributed by atoms with van der Waals surface area (Å²) in [7, 11) is 7.79. The first-order valence-corrected chi connectivity index (χ1v) is 23.9. The maximum absolute atomic E-state index is 13.0. The number of aromatic nitrogens is 3. The molecule has 75 heavy (non-hydrogen) atoms. The Balaban J connectivity index is 0.000000162. The zero-order valence-electron chi connectivity index (χ0n) is 42.1. The number of carbonyl (C=O) groups is 4. The van der Waals surface area contributed by atoms with E-state index >= 15 is 0 Å². The molecule has 3 heterocycles. The largest absolute Gasteiger partial charge is 0.493 e. The lowest BCUT2D eigenvalue weighted by molar-refractivity contribution is 0.0727. The Labute approximate surface area is 433 Å². The molecule has 380 valence electrons. The zero-order chi connectivity index (χ0) is 52.7. The average molecular weight is 1010 g/mol. The molecular weight excluding hydrogens is 949 g/mol. The van der Waals surface area contributed by atoms with E-state index in [0.717, 1.165) is 43.8 Å². The molecule has 15 nitrogen and oxygen atoms in total. The minimum Gasteiger partial charge on any atom is -0.493 e. The van der Waals surface area contributed by atoms with E-state index in [1.54, 1.807) is 24.3 Å². The van der Waals surface area contributed by atoms with E-state index in [-0.39, 0.29) is 35.6 Å². The molecule has 0 unspecified atom stereocenters. The number of para-hydroxylation sites is 3. The maximum atomic E-state index is 13.0. The summed E-state index contributed by atoms with van der Waals surface area (Å²) in [6, 6.07) is 57.0. The van der Waals surface area contributed by atoms with Crippen LogP contribution < -0.4 is 39.6 Å². The van der Waals surface area contributed by atoms with Crippen molar-refractivity contribution in [2.75, 3.05) is 28.4 Å². The average Bonchev–Trinajstić information content (AvgIpc) is 4.19. The van der Waals surface area contributed by atoms with E-state index < -0.39 is 5.97 Å². The number of carbonyl (C=O) groups excluding carboxylic acids is 4. The molecule has 0 fully saturated rings. The van der Waals surface area contributed by atoms with E-state index in [9.17, 15) is 19.2 Å². The Morgan fingerprint density at radius 3 is 1.40 bits per heavy atom. The number of amides is 3. The van der Waals surface area contributed by atoms with Gasteiger partial charge in [-0.05, 0) is 77.4 Å². The Hall–Kier alpha value is -9.76. The predicted molar refractivity (Wildman–Crippen MR) is 290 cm³/mol. The number of nitrogens with one attached hydrogen (secondary N) is 5. The predicted octanol–water partition coefficient (Wildman–Crippen LogP) is 10.6. The van der Waals surface area contributed by atoms with Gasteiger partial charge in [0, 0.05) is 59.4 Å². The topological polar surface area (TPSA) is 187 Å². The van der Waals surface area contributed by atoms with Crippen LogP contribution in [0.15, 0.2) is 182 Å². The maximum Gasteiger partial charge on any atom is 0.343 e. The molecule has 10 rings (SSSR count). The standard InChI is InChI=1S/C27H26N2O7.C17H16N2O.C16H14N2O/c1-32-21-10-9-16(15-28-26(30)20-12-17-7-5-6-8-19(17)29-20)11-22(21)36-27(31)18-13-23(33-2)25(35-4)24(14-18)34-3;1-19-15-10-6-5-9-14(15)11-16(19)17(20)18-12-13-7-3-2-4-8-13;19-16(17-11-12-6-2-1-3-7-12)15-10-13-8-4-5-9-14(13)18-15/h5-14,29H,15H2,1-4H3,(H,28,30);2-11H,12H2,1H3,(H,18,20);1-10,18H,11H2,(H,17,19). The number of esters is 1. The van der Waals surface area contributed by atoms with Crippen LogP contribution in [0.3, 0.4) is 0 Å². The fourth-order valence-corrected chi connectivity index (χ4v) is 8.19. The number of nitrogens with zero attached hydrogens (tertiary/aromatic N) is 1. The number of aromatic amines is 2. The molecule has 0 aliphatic carbocycles. The number of methoxy groups -OCH3 is 4. The smallest absolute Gasteiger partial charge is 0.343 e. The first-order chi connectivity index (χ1) is 36.5. The van der Waals surface area contributed by atoms with Crippen LogP contribution in [0.4, 0.5) is 0 Å². The summed E-state index contributed by atoms with van der Waals surface area (Å²) in [6.07, 6.45) is 0. The van der Waals surface area contributed by atoms with Crippen molar-refractivity contribution in [3.8, 4) is 28.7 Å². The Kier molecular flexibility index (Phi) is 16.9. The van der Waals surface area contributed by atoms with Crippen molar-refractivity contribution in [3.05, 3.63) is 221 Å². The van der Waals surface area contributed by atoms with Gasteiger partial charge in [-0.2, -0.15) is 0 Å². The third-order valence-corrected chi connectivity index (χ3v) is 12.1. The minimum absolute atomic E-state index is 0.0486. The van der Waals surface area contributed by atoms with Gasteiger partial charge >= 0.3 is 5.97 Å². The number of aryl methyl sites for hydroxylation is 1. The lowest BCUT2D eigenvalue weighted by Crippen LogP contribution is -2.24. The van der Waals surface area contributed by atoms with Crippen LogP contribution in [-0.2, 0) is 26.7 Å². The van der Waals surface area contributed by atoms with Crippen molar-refractivity contribution >= 4 is 56.4 Å². The highest BCUT2D eigenvalue weighted by Gasteiger charge is 2.21. The SMILES string of the molecule is COc1ccc(CNC(=O)c2cc3ccccc3[nH]2)cc1OC(=O)c1cc(OC)c(OC)c(OC)c1.Cn1c(C(=O)NCc2ccccc2)cc2ccccc21.O=C(NCc1ccccc1)c1cc2ccccc2[nH]1. The van der Waals surface area contributed by atoms with Crippen molar-refractivity contribution in [1.82, 2.24) is 30.5 Å².